The summed E-state index contributed by atoms with van der Waals surface area (Å²) in [6, 6.07) is 5.50. The van der Waals surface area contributed by atoms with Gasteiger partial charge in [-0.1, -0.05) is 6.07 Å². The van der Waals surface area contributed by atoms with Gasteiger partial charge in [0, 0.05) is 38.1 Å². The van der Waals surface area contributed by atoms with E-state index in [-0.39, 0.29) is 18.0 Å². The number of likely N-dealkylation sites (tertiary alicyclic amines) is 1. The summed E-state index contributed by atoms with van der Waals surface area (Å²) in [7, 11) is 1.77. The number of nitrogens with zero attached hydrogens (tertiary/aromatic N) is 7. The lowest BCUT2D eigenvalue weighted by atomic mass is 10.0. The summed E-state index contributed by atoms with van der Waals surface area (Å²) >= 11 is 0. The van der Waals surface area contributed by atoms with Gasteiger partial charge in [0.05, 0.1) is 17.4 Å². The van der Waals surface area contributed by atoms with Gasteiger partial charge >= 0.3 is 6.03 Å². The normalized spacial score (nSPS) is 14.5. The summed E-state index contributed by atoms with van der Waals surface area (Å²) in [5.74, 6) is -0.138. The first-order valence-electron chi connectivity index (χ1n) is 9.69. The van der Waals surface area contributed by atoms with Crippen molar-refractivity contribution in [2.45, 2.75) is 25.8 Å². The van der Waals surface area contributed by atoms with Crippen molar-refractivity contribution in [3.63, 3.8) is 0 Å². The molecule has 3 amide bonds. The molecule has 0 saturated carbocycles. The molecule has 2 N–H and O–H groups in total. The van der Waals surface area contributed by atoms with Crippen LogP contribution in [-0.2, 0) is 7.05 Å². The van der Waals surface area contributed by atoms with Gasteiger partial charge in [-0.3, -0.25) is 9.48 Å². The molecule has 11 nitrogen and oxygen atoms in total. The van der Waals surface area contributed by atoms with Crippen LogP contribution in [-0.4, -0.2) is 66.0 Å². The van der Waals surface area contributed by atoms with E-state index in [0.29, 0.717) is 37.2 Å². The summed E-state index contributed by atoms with van der Waals surface area (Å²) in [6.07, 6.45) is 6.13. The Bertz CT molecular complexity index is 1040. The predicted octanol–water partition coefficient (Wildman–Crippen LogP) is 1.13. The van der Waals surface area contributed by atoms with Crippen molar-refractivity contribution in [3.8, 4) is 5.69 Å². The second-order valence-corrected chi connectivity index (χ2v) is 7.32. The van der Waals surface area contributed by atoms with E-state index in [1.807, 2.05) is 25.1 Å². The molecule has 0 bridgehead atoms. The van der Waals surface area contributed by atoms with Crippen molar-refractivity contribution in [2.75, 3.05) is 18.4 Å². The second-order valence-electron chi connectivity index (χ2n) is 7.32. The van der Waals surface area contributed by atoms with Crippen molar-refractivity contribution in [1.29, 1.82) is 0 Å². The molecule has 3 heterocycles. The van der Waals surface area contributed by atoms with Crippen molar-refractivity contribution >= 4 is 17.6 Å². The van der Waals surface area contributed by atoms with Gasteiger partial charge in [-0.15, -0.1) is 5.10 Å². The van der Waals surface area contributed by atoms with E-state index in [2.05, 4.69) is 31.3 Å². The number of hydrogen-bond acceptors (Lipinski definition) is 6. The zero-order valence-corrected chi connectivity index (χ0v) is 16.8. The van der Waals surface area contributed by atoms with Crippen LogP contribution in [0.5, 0.6) is 0 Å². The number of anilines is 1. The average Bonchev–Trinajstić information content (AvgIpc) is 3.42. The van der Waals surface area contributed by atoms with Gasteiger partial charge in [0.25, 0.3) is 5.91 Å². The maximum Gasteiger partial charge on any atom is 0.321 e. The molecule has 0 atom stereocenters. The molecule has 0 unspecified atom stereocenters. The number of aromatic nitrogens is 6. The smallest absolute Gasteiger partial charge is 0.321 e. The third kappa shape index (κ3) is 4.29. The highest BCUT2D eigenvalue weighted by atomic mass is 16.2. The summed E-state index contributed by atoms with van der Waals surface area (Å²) < 4.78 is 3.13. The maximum absolute atomic E-state index is 12.7. The van der Waals surface area contributed by atoms with Crippen LogP contribution in [0.25, 0.3) is 5.69 Å². The molecule has 30 heavy (non-hydrogen) atoms. The van der Waals surface area contributed by atoms with E-state index in [4.69, 9.17) is 0 Å². The molecule has 1 aromatic carbocycles. The van der Waals surface area contributed by atoms with E-state index in [1.165, 1.54) is 11.0 Å². The molecule has 11 heteroatoms. The summed E-state index contributed by atoms with van der Waals surface area (Å²) in [5, 5.41) is 21.2. The Balaban J connectivity index is 1.32. The van der Waals surface area contributed by atoms with Crippen LogP contribution in [0, 0.1) is 6.92 Å². The summed E-state index contributed by atoms with van der Waals surface area (Å²) in [5.41, 5.74) is 2.95. The number of aryl methyl sites for hydroxylation is 2. The first kappa shape index (κ1) is 19.6. The largest absolute Gasteiger partial charge is 0.349 e. The Morgan fingerprint density at radius 1 is 1.20 bits per heavy atom. The lowest BCUT2D eigenvalue weighted by Crippen LogP contribution is -2.47. The second kappa shape index (κ2) is 8.31. The lowest BCUT2D eigenvalue weighted by Gasteiger charge is -2.32. The van der Waals surface area contributed by atoms with Gasteiger partial charge in [-0.05, 0) is 47.9 Å². The minimum atomic E-state index is -0.163. The van der Waals surface area contributed by atoms with E-state index < -0.39 is 0 Å². The third-order valence-electron chi connectivity index (χ3n) is 5.16. The van der Waals surface area contributed by atoms with E-state index in [0.717, 1.165) is 11.3 Å². The molecule has 156 valence electrons. The summed E-state index contributed by atoms with van der Waals surface area (Å²) in [6.45, 7) is 3.06. The molecule has 0 spiro atoms. The minimum Gasteiger partial charge on any atom is -0.349 e. The zero-order chi connectivity index (χ0) is 21.1. The van der Waals surface area contributed by atoms with E-state index in [1.54, 1.807) is 29.0 Å². The molecule has 1 saturated heterocycles. The van der Waals surface area contributed by atoms with Crippen LogP contribution < -0.4 is 10.6 Å². The van der Waals surface area contributed by atoms with Crippen LogP contribution in [0.4, 0.5) is 10.5 Å². The number of piperidine rings is 1. The Labute approximate surface area is 173 Å². The molecule has 2 aromatic heterocycles. The highest BCUT2D eigenvalue weighted by Gasteiger charge is 2.25. The molecule has 3 aromatic rings. The number of rotatable bonds is 4. The number of nitrogens with one attached hydrogen (secondary N) is 2. The van der Waals surface area contributed by atoms with Gasteiger partial charge in [0.1, 0.15) is 6.33 Å². The first-order chi connectivity index (χ1) is 14.5. The SMILES string of the molecule is Cc1ccc(-n2cnnn2)cc1NC(=O)N1CCC(NC(=O)c2cnn(C)c2)CC1. The van der Waals surface area contributed by atoms with Gasteiger partial charge in [0.15, 0.2) is 0 Å². The van der Waals surface area contributed by atoms with Crippen molar-refractivity contribution in [2.24, 2.45) is 7.05 Å². The fourth-order valence-corrected chi connectivity index (χ4v) is 3.40. The number of urea groups is 1. The zero-order valence-electron chi connectivity index (χ0n) is 16.8. The topological polar surface area (TPSA) is 123 Å². The first-order valence-corrected chi connectivity index (χ1v) is 9.69. The average molecular weight is 409 g/mol. The molecule has 1 aliphatic heterocycles. The third-order valence-corrected chi connectivity index (χ3v) is 5.16. The molecule has 0 aliphatic carbocycles. The van der Waals surface area contributed by atoms with Gasteiger partial charge in [-0.2, -0.15) is 5.10 Å². The maximum atomic E-state index is 12.7. The molecule has 1 aliphatic rings. The fourth-order valence-electron chi connectivity index (χ4n) is 3.40. The van der Waals surface area contributed by atoms with Gasteiger partial charge in [0.2, 0.25) is 0 Å². The predicted molar refractivity (Wildman–Crippen MR) is 108 cm³/mol. The molecule has 1 fully saturated rings. The lowest BCUT2D eigenvalue weighted by molar-refractivity contribution is 0.0919. The van der Waals surface area contributed by atoms with Crippen molar-refractivity contribution in [1.82, 2.24) is 40.2 Å². The van der Waals surface area contributed by atoms with Gasteiger partial charge in [-0.25, -0.2) is 9.48 Å². The molecule has 0 radical (unpaired) electrons. The number of carbonyl (C=O) groups excluding carboxylic acids is 2. The minimum absolute atomic E-state index is 0.0339. The molecular formula is C19H23N9O2. The monoisotopic (exact) mass is 409 g/mol. The Morgan fingerprint density at radius 3 is 2.67 bits per heavy atom. The van der Waals surface area contributed by atoms with Crippen molar-refractivity contribution < 1.29 is 9.59 Å². The number of tetrazole rings is 1. The van der Waals surface area contributed by atoms with E-state index >= 15 is 0 Å². The quantitative estimate of drug-likeness (QED) is 0.666. The molecule has 4 rings (SSSR count). The van der Waals surface area contributed by atoms with Crippen LogP contribution in [0.2, 0.25) is 0 Å². The standard InChI is InChI=1S/C19H23N9O2/c1-13-3-4-16(28-12-20-24-25-28)9-17(13)23-19(30)27-7-5-15(6-8-27)22-18(29)14-10-21-26(2)11-14/h3-4,9-12,15H,5-8H2,1-2H3,(H,22,29)(H,23,30). The number of amides is 3. The van der Waals surface area contributed by atoms with Crippen molar-refractivity contribution in [3.05, 3.63) is 48.0 Å². The summed E-state index contributed by atoms with van der Waals surface area (Å²) in [4.78, 5) is 26.8. The van der Waals surface area contributed by atoms with Crippen LogP contribution in [0.3, 0.4) is 0 Å². The fraction of sp³-hybridized carbons (Fsp3) is 0.368. The van der Waals surface area contributed by atoms with Crippen LogP contribution >= 0.6 is 0 Å². The number of hydrogen-bond donors (Lipinski definition) is 2. The van der Waals surface area contributed by atoms with E-state index in [9.17, 15) is 9.59 Å². The van der Waals surface area contributed by atoms with Crippen LogP contribution in [0.1, 0.15) is 28.8 Å². The molecular weight excluding hydrogens is 386 g/mol. The Kier molecular flexibility index (Phi) is 5.42. The van der Waals surface area contributed by atoms with Gasteiger partial charge < -0.3 is 15.5 Å². The van der Waals surface area contributed by atoms with Crippen LogP contribution in [0.15, 0.2) is 36.9 Å². The number of benzene rings is 1. The Hall–Kier alpha value is -3.76. The highest BCUT2D eigenvalue weighted by Crippen LogP contribution is 2.20. The number of carbonyl (C=O) groups is 2. The highest BCUT2D eigenvalue weighted by molar-refractivity contribution is 5.94. The Morgan fingerprint density at radius 2 is 2.00 bits per heavy atom.